The number of carbonyl (C=O) groups is 1. The first-order valence-electron chi connectivity index (χ1n) is 8.30. The highest BCUT2D eigenvalue weighted by atomic mass is 16.2. The molecule has 1 heterocycles. The van der Waals surface area contributed by atoms with Crippen molar-refractivity contribution in [3.8, 4) is 5.69 Å². The van der Waals surface area contributed by atoms with Gasteiger partial charge in [-0.25, -0.2) is 0 Å². The fraction of sp³-hybridized carbons (Fsp3) is 0.190. The fourth-order valence-corrected chi connectivity index (χ4v) is 2.75. The number of aromatic nitrogens is 1. The molecule has 0 radical (unpaired) electrons. The van der Waals surface area contributed by atoms with Crippen molar-refractivity contribution in [3.63, 3.8) is 0 Å². The predicted octanol–water partition coefficient (Wildman–Crippen LogP) is 3.82. The molecule has 0 saturated heterocycles. The van der Waals surface area contributed by atoms with Gasteiger partial charge in [0.25, 0.3) is 5.91 Å². The van der Waals surface area contributed by atoms with Crippen LogP contribution in [0.1, 0.15) is 15.9 Å². The Labute approximate surface area is 148 Å². The van der Waals surface area contributed by atoms with Gasteiger partial charge >= 0.3 is 0 Å². The van der Waals surface area contributed by atoms with Crippen molar-refractivity contribution in [2.45, 2.75) is 6.54 Å². The van der Waals surface area contributed by atoms with Crippen LogP contribution in [-0.2, 0) is 6.54 Å². The maximum absolute atomic E-state index is 12.6. The summed E-state index contributed by atoms with van der Waals surface area (Å²) < 4.78 is 2.02. The highest BCUT2D eigenvalue weighted by Gasteiger charge is 2.12. The molecule has 0 N–H and O–H groups in total. The van der Waals surface area contributed by atoms with Crippen molar-refractivity contribution in [2.24, 2.45) is 0 Å². The first-order chi connectivity index (χ1) is 12.0. The lowest BCUT2D eigenvalue weighted by atomic mass is 10.1. The van der Waals surface area contributed by atoms with Crippen molar-refractivity contribution >= 4 is 11.6 Å². The highest BCUT2D eigenvalue weighted by molar-refractivity contribution is 5.94. The molecular formula is C21H23N3O. The van der Waals surface area contributed by atoms with E-state index >= 15 is 0 Å². The Balaban J connectivity index is 1.67. The van der Waals surface area contributed by atoms with Gasteiger partial charge in [-0.2, -0.15) is 0 Å². The van der Waals surface area contributed by atoms with Gasteiger partial charge in [0, 0.05) is 57.0 Å². The van der Waals surface area contributed by atoms with Gasteiger partial charge in [-0.15, -0.1) is 0 Å². The molecule has 4 nitrogen and oxygen atoms in total. The van der Waals surface area contributed by atoms with Crippen molar-refractivity contribution in [1.82, 2.24) is 9.47 Å². The molecule has 0 aliphatic heterocycles. The van der Waals surface area contributed by atoms with E-state index in [0.717, 1.165) is 16.9 Å². The second kappa shape index (κ2) is 7.26. The summed E-state index contributed by atoms with van der Waals surface area (Å²) >= 11 is 0. The number of nitrogens with zero attached hydrogens (tertiary/aromatic N) is 3. The minimum absolute atomic E-state index is 0.0238. The molecule has 0 aliphatic carbocycles. The van der Waals surface area contributed by atoms with Crippen LogP contribution >= 0.6 is 0 Å². The molecule has 0 fully saturated rings. The Hall–Kier alpha value is -3.01. The third-order valence-corrected chi connectivity index (χ3v) is 4.24. The maximum atomic E-state index is 12.6. The molecule has 4 heteroatoms. The standard InChI is InChI=1S/C21H23N3O/c1-22(2)19-10-6-17(7-11-19)16-23(3)21(25)18-8-12-20(13-9-18)24-14-4-5-15-24/h4-15H,16H2,1-3H3. The van der Waals surface area contributed by atoms with Crippen LogP contribution in [0.5, 0.6) is 0 Å². The molecule has 1 aromatic heterocycles. The van der Waals surface area contributed by atoms with E-state index in [1.807, 2.05) is 74.5 Å². The molecule has 0 unspecified atom stereocenters. The quantitative estimate of drug-likeness (QED) is 0.710. The summed E-state index contributed by atoms with van der Waals surface area (Å²) in [4.78, 5) is 16.4. The van der Waals surface area contributed by atoms with Crippen molar-refractivity contribution in [3.05, 3.63) is 84.2 Å². The molecule has 0 atom stereocenters. The number of anilines is 1. The Morgan fingerprint density at radius 3 is 2.04 bits per heavy atom. The molecule has 0 spiro atoms. The zero-order chi connectivity index (χ0) is 17.8. The average molecular weight is 333 g/mol. The van der Waals surface area contributed by atoms with Gasteiger partial charge in [0.1, 0.15) is 0 Å². The SMILES string of the molecule is CN(Cc1ccc(N(C)C)cc1)C(=O)c1ccc(-n2cccc2)cc1. The fourth-order valence-electron chi connectivity index (χ4n) is 2.75. The van der Waals surface area contributed by atoms with E-state index in [9.17, 15) is 4.79 Å². The van der Waals surface area contributed by atoms with E-state index in [4.69, 9.17) is 0 Å². The molecule has 2 aromatic carbocycles. The van der Waals surface area contributed by atoms with Crippen LogP contribution in [0.4, 0.5) is 5.69 Å². The summed E-state index contributed by atoms with van der Waals surface area (Å²) in [5.41, 5.74) is 4.01. The van der Waals surface area contributed by atoms with Crippen LogP contribution in [0.3, 0.4) is 0 Å². The number of hydrogen-bond donors (Lipinski definition) is 0. The second-order valence-electron chi connectivity index (χ2n) is 6.36. The topological polar surface area (TPSA) is 28.5 Å². The molecule has 3 aromatic rings. The molecule has 25 heavy (non-hydrogen) atoms. The monoisotopic (exact) mass is 333 g/mol. The molecule has 0 saturated carbocycles. The van der Waals surface area contributed by atoms with Gasteiger partial charge in [-0.05, 0) is 54.1 Å². The Kier molecular flexibility index (Phi) is 4.89. The van der Waals surface area contributed by atoms with Crippen LogP contribution in [0.15, 0.2) is 73.1 Å². The lowest BCUT2D eigenvalue weighted by Gasteiger charge is -2.19. The smallest absolute Gasteiger partial charge is 0.253 e. The van der Waals surface area contributed by atoms with E-state index < -0.39 is 0 Å². The van der Waals surface area contributed by atoms with Gasteiger partial charge in [0.15, 0.2) is 0 Å². The summed E-state index contributed by atoms with van der Waals surface area (Å²) in [6.45, 7) is 0.589. The minimum Gasteiger partial charge on any atom is -0.378 e. The van der Waals surface area contributed by atoms with Crippen LogP contribution < -0.4 is 4.90 Å². The summed E-state index contributed by atoms with van der Waals surface area (Å²) in [5, 5.41) is 0. The van der Waals surface area contributed by atoms with Gasteiger partial charge in [-0.1, -0.05) is 12.1 Å². The highest BCUT2D eigenvalue weighted by Crippen LogP contribution is 2.15. The number of carbonyl (C=O) groups excluding carboxylic acids is 1. The second-order valence-corrected chi connectivity index (χ2v) is 6.36. The van der Waals surface area contributed by atoms with Crippen molar-refractivity contribution in [2.75, 3.05) is 26.0 Å². The van der Waals surface area contributed by atoms with Gasteiger partial charge in [0.05, 0.1) is 0 Å². The summed E-state index contributed by atoms with van der Waals surface area (Å²) in [5.74, 6) is 0.0238. The average Bonchev–Trinajstić information content (AvgIpc) is 3.16. The van der Waals surface area contributed by atoms with E-state index in [1.165, 1.54) is 0 Å². The third-order valence-electron chi connectivity index (χ3n) is 4.24. The van der Waals surface area contributed by atoms with Crippen molar-refractivity contribution < 1.29 is 4.79 Å². The molecule has 0 aliphatic rings. The Morgan fingerprint density at radius 2 is 1.48 bits per heavy atom. The normalized spacial score (nSPS) is 10.5. The van der Waals surface area contributed by atoms with Gasteiger partial charge in [-0.3, -0.25) is 4.79 Å². The lowest BCUT2D eigenvalue weighted by molar-refractivity contribution is 0.0785. The largest absolute Gasteiger partial charge is 0.378 e. The van der Waals surface area contributed by atoms with Crippen molar-refractivity contribution in [1.29, 1.82) is 0 Å². The van der Waals surface area contributed by atoms with E-state index in [1.54, 1.807) is 4.90 Å². The number of rotatable bonds is 5. The summed E-state index contributed by atoms with van der Waals surface area (Å²) in [6.07, 6.45) is 3.97. The first-order valence-corrected chi connectivity index (χ1v) is 8.30. The van der Waals surface area contributed by atoms with E-state index in [-0.39, 0.29) is 5.91 Å². The Bertz CT molecular complexity index is 819. The molecule has 128 valence electrons. The predicted molar refractivity (Wildman–Crippen MR) is 102 cm³/mol. The van der Waals surface area contributed by atoms with Crippen LogP contribution in [-0.4, -0.2) is 36.5 Å². The van der Waals surface area contributed by atoms with Gasteiger partial charge < -0.3 is 14.4 Å². The molecule has 1 amide bonds. The van der Waals surface area contributed by atoms with Gasteiger partial charge in [0.2, 0.25) is 0 Å². The molecular weight excluding hydrogens is 310 g/mol. The Morgan fingerprint density at radius 1 is 0.880 bits per heavy atom. The lowest BCUT2D eigenvalue weighted by Crippen LogP contribution is -2.26. The third kappa shape index (κ3) is 3.91. The first kappa shape index (κ1) is 16.8. The summed E-state index contributed by atoms with van der Waals surface area (Å²) in [6, 6.07) is 19.9. The number of amides is 1. The summed E-state index contributed by atoms with van der Waals surface area (Å²) in [7, 11) is 5.87. The minimum atomic E-state index is 0.0238. The number of hydrogen-bond acceptors (Lipinski definition) is 2. The maximum Gasteiger partial charge on any atom is 0.253 e. The number of benzene rings is 2. The van der Waals surface area contributed by atoms with E-state index in [2.05, 4.69) is 29.2 Å². The van der Waals surface area contributed by atoms with Crippen LogP contribution in [0.25, 0.3) is 5.69 Å². The van der Waals surface area contributed by atoms with E-state index in [0.29, 0.717) is 12.1 Å². The van der Waals surface area contributed by atoms with Crippen LogP contribution in [0, 0.1) is 0 Å². The van der Waals surface area contributed by atoms with Crippen LogP contribution in [0.2, 0.25) is 0 Å². The molecule has 0 bridgehead atoms. The zero-order valence-electron chi connectivity index (χ0n) is 14.9. The zero-order valence-corrected chi connectivity index (χ0v) is 14.9. The molecule has 3 rings (SSSR count).